The summed E-state index contributed by atoms with van der Waals surface area (Å²) < 4.78 is 4.66. The van der Waals surface area contributed by atoms with Crippen molar-refractivity contribution in [3.63, 3.8) is 0 Å². The van der Waals surface area contributed by atoms with Gasteiger partial charge in [-0.05, 0) is 13.1 Å². The fourth-order valence-corrected chi connectivity index (χ4v) is 0.804. The number of hydrogen-bond acceptors (Lipinski definition) is 3. The Hall–Kier alpha value is -1.01. The van der Waals surface area contributed by atoms with Crippen molar-refractivity contribution in [3.8, 4) is 11.8 Å². The first-order valence-corrected chi connectivity index (χ1v) is 4.52. The van der Waals surface area contributed by atoms with Crippen molar-refractivity contribution in [3.05, 3.63) is 0 Å². The number of ether oxygens (including phenoxy) is 1. The fraction of sp³-hybridized carbons (Fsp3) is 0.700. The summed E-state index contributed by atoms with van der Waals surface area (Å²) in [6.07, 6.45) is 0. The summed E-state index contributed by atoms with van der Waals surface area (Å²) >= 11 is 0. The van der Waals surface area contributed by atoms with Crippen molar-refractivity contribution in [2.75, 3.05) is 26.2 Å². The van der Waals surface area contributed by atoms with Crippen molar-refractivity contribution < 1.29 is 9.53 Å². The fourth-order valence-electron chi connectivity index (χ4n) is 0.804. The molecule has 0 heterocycles. The SMILES string of the molecule is CCN(CC)CC#CCOC(C)=O. The first-order valence-electron chi connectivity index (χ1n) is 4.52. The van der Waals surface area contributed by atoms with Crippen molar-refractivity contribution >= 4 is 5.97 Å². The third kappa shape index (κ3) is 7.35. The average Bonchev–Trinajstić information content (AvgIpc) is 2.11. The van der Waals surface area contributed by atoms with Gasteiger partial charge in [0.1, 0.15) is 0 Å². The van der Waals surface area contributed by atoms with Gasteiger partial charge in [0, 0.05) is 6.92 Å². The summed E-state index contributed by atoms with van der Waals surface area (Å²) in [5.41, 5.74) is 0. The quantitative estimate of drug-likeness (QED) is 0.479. The van der Waals surface area contributed by atoms with Crippen molar-refractivity contribution in [2.24, 2.45) is 0 Å². The molecule has 0 radical (unpaired) electrons. The smallest absolute Gasteiger partial charge is 0.303 e. The number of hydrogen-bond donors (Lipinski definition) is 0. The van der Waals surface area contributed by atoms with Crippen molar-refractivity contribution in [1.82, 2.24) is 4.90 Å². The molecule has 0 fully saturated rings. The molecule has 0 saturated carbocycles. The highest BCUT2D eigenvalue weighted by Gasteiger charge is 1.93. The highest BCUT2D eigenvalue weighted by molar-refractivity contribution is 5.66. The van der Waals surface area contributed by atoms with Crippen LogP contribution in [0, 0.1) is 11.8 Å². The third-order valence-electron chi connectivity index (χ3n) is 1.67. The van der Waals surface area contributed by atoms with Crippen LogP contribution in [0.4, 0.5) is 0 Å². The van der Waals surface area contributed by atoms with Gasteiger partial charge < -0.3 is 4.74 Å². The molecule has 0 atom stereocenters. The van der Waals surface area contributed by atoms with Crippen LogP contribution in [-0.4, -0.2) is 37.1 Å². The second-order valence-corrected chi connectivity index (χ2v) is 2.60. The monoisotopic (exact) mass is 183 g/mol. The Kier molecular flexibility index (Phi) is 7.04. The van der Waals surface area contributed by atoms with Crippen LogP contribution in [-0.2, 0) is 9.53 Å². The van der Waals surface area contributed by atoms with Gasteiger partial charge in [0.05, 0.1) is 6.54 Å². The molecule has 0 amide bonds. The lowest BCUT2D eigenvalue weighted by Gasteiger charge is -2.13. The maximum absolute atomic E-state index is 10.4. The number of nitrogens with zero attached hydrogens (tertiary/aromatic N) is 1. The molecule has 0 saturated heterocycles. The van der Waals surface area contributed by atoms with Crippen molar-refractivity contribution in [1.29, 1.82) is 0 Å². The summed E-state index contributed by atoms with van der Waals surface area (Å²) in [5, 5.41) is 0. The Bertz CT molecular complexity index is 199. The van der Waals surface area contributed by atoms with E-state index in [0.29, 0.717) is 0 Å². The Morgan fingerprint density at radius 2 is 1.92 bits per heavy atom. The minimum Gasteiger partial charge on any atom is -0.453 e. The molecule has 0 spiro atoms. The minimum atomic E-state index is -0.280. The number of carbonyl (C=O) groups excluding carboxylic acids is 1. The normalized spacial score (nSPS) is 9.23. The van der Waals surface area contributed by atoms with Crippen LogP contribution in [0.2, 0.25) is 0 Å². The minimum absolute atomic E-state index is 0.205. The van der Waals surface area contributed by atoms with Crippen molar-refractivity contribution in [2.45, 2.75) is 20.8 Å². The van der Waals surface area contributed by atoms with E-state index in [9.17, 15) is 4.79 Å². The maximum atomic E-state index is 10.4. The molecular weight excluding hydrogens is 166 g/mol. The van der Waals surface area contributed by atoms with E-state index in [1.807, 2.05) is 0 Å². The molecule has 0 aromatic rings. The Morgan fingerprint density at radius 3 is 2.38 bits per heavy atom. The second kappa shape index (κ2) is 7.63. The van der Waals surface area contributed by atoms with Gasteiger partial charge in [0.2, 0.25) is 0 Å². The maximum Gasteiger partial charge on any atom is 0.303 e. The van der Waals surface area contributed by atoms with Gasteiger partial charge in [-0.2, -0.15) is 0 Å². The van der Waals surface area contributed by atoms with E-state index in [1.54, 1.807) is 0 Å². The summed E-state index contributed by atoms with van der Waals surface area (Å²) in [5.74, 6) is 5.44. The highest BCUT2D eigenvalue weighted by Crippen LogP contribution is 1.83. The molecule has 13 heavy (non-hydrogen) atoms. The Morgan fingerprint density at radius 1 is 1.31 bits per heavy atom. The van der Waals surface area contributed by atoms with Gasteiger partial charge in [-0.3, -0.25) is 9.69 Å². The van der Waals surface area contributed by atoms with E-state index in [1.165, 1.54) is 6.92 Å². The number of carbonyl (C=O) groups is 1. The Labute approximate surface area is 80.1 Å². The zero-order valence-electron chi connectivity index (χ0n) is 8.59. The molecule has 0 aliphatic carbocycles. The van der Waals surface area contributed by atoms with E-state index in [4.69, 9.17) is 0 Å². The highest BCUT2D eigenvalue weighted by atomic mass is 16.5. The van der Waals surface area contributed by atoms with Crippen LogP contribution < -0.4 is 0 Å². The lowest BCUT2D eigenvalue weighted by atomic mass is 10.4. The van der Waals surface area contributed by atoms with Gasteiger partial charge in [0.15, 0.2) is 6.61 Å². The van der Waals surface area contributed by atoms with Crippen LogP contribution in [0.15, 0.2) is 0 Å². The Balaban J connectivity index is 3.54. The lowest BCUT2D eigenvalue weighted by molar-refractivity contribution is -0.139. The van der Waals surface area contributed by atoms with E-state index in [0.717, 1.165) is 19.6 Å². The molecule has 0 N–H and O–H groups in total. The molecule has 0 aromatic carbocycles. The average molecular weight is 183 g/mol. The molecular formula is C10H17NO2. The van der Waals surface area contributed by atoms with E-state index in [2.05, 4.69) is 35.3 Å². The van der Waals surface area contributed by atoms with Gasteiger partial charge in [0.25, 0.3) is 0 Å². The molecule has 0 bridgehead atoms. The topological polar surface area (TPSA) is 29.5 Å². The van der Waals surface area contributed by atoms with Gasteiger partial charge in [-0.15, -0.1) is 0 Å². The second-order valence-electron chi connectivity index (χ2n) is 2.60. The summed E-state index contributed by atoms with van der Waals surface area (Å²) in [7, 11) is 0. The summed E-state index contributed by atoms with van der Waals surface area (Å²) in [6, 6.07) is 0. The van der Waals surface area contributed by atoms with Crippen LogP contribution in [0.25, 0.3) is 0 Å². The van der Waals surface area contributed by atoms with Crippen LogP contribution >= 0.6 is 0 Å². The zero-order valence-corrected chi connectivity index (χ0v) is 8.59. The van der Waals surface area contributed by atoms with Crippen LogP contribution in [0.3, 0.4) is 0 Å². The molecule has 3 heteroatoms. The van der Waals surface area contributed by atoms with E-state index in [-0.39, 0.29) is 12.6 Å². The predicted molar refractivity (Wildman–Crippen MR) is 52.2 cm³/mol. The molecule has 0 aromatic heterocycles. The first kappa shape index (κ1) is 12.0. The van der Waals surface area contributed by atoms with Crippen LogP contribution in [0.1, 0.15) is 20.8 Å². The summed E-state index contributed by atoms with van der Waals surface area (Å²) in [4.78, 5) is 12.5. The molecule has 0 aliphatic heterocycles. The van der Waals surface area contributed by atoms with E-state index >= 15 is 0 Å². The zero-order chi connectivity index (χ0) is 10.1. The number of esters is 1. The van der Waals surface area contributed by atoms with Gasteiger partial charge in [-0.1, -0.05) is 25.7 Å². The number of rotatable bonds is 4. The molecule has 0 unspecified atom stereocenters. The predicted octanol–water partition coefficient (Wildman–Crippen LogP) is 0.895. The summed E-state index contributed by atoms with van der Waals surface area (Å²) in [6.45, 7) is 8.52. The largest absolute Gasteiger partial charge is 0.453 e. The molecule has 74 valence electrons. The lowest BCUT2D eigenvalue weighted by Crippen LogP contribution is -2.22. The molecule has 3 nitrogen and oxygen atoms in total. The molecule has 0 rings (SSSR count). The van der Waals surface area contributed by atoms with Crippen LogP contribution in [0.5, 0.6) is 0 Å². The standard InChI is InChI=1S/C10H17NO2/c1-4-11(5-2)8-6-7-9-13-10(3)12/h4-5,8-9H2,1-3H3. The molecule has 0 aliphatic rings. The van der Waals surface area contributed by atoms with Gasteiger partial charge in [-0.25, -0.2) is 0 Å². The third-order valence-corrected chi connectivity index (χ3v) is 1.67. The van der Waals surface area contributed by atoms with Gasteiger partial charge >= 0.3 is 5.97 Å². The first-order chi connectivity index (χ1) is 6.20. The van der Waals surface area contributed by atoms with E-state index < -0.39 is 0 Å².